The quantitative estimate of drug-likeness (QED) is 0.840. The van der Waals surface area contributed by atoms with E-state index in [1.54, 1.807) is 13.3 Å². The van der Waals surface area contributed by atoms with Crippen LogP contribution < -0.4 is 10.5 Å². The predicted molar refractivity (Wildman–Crippen MR) is 77.1 cm³/mol. The highest BCUT2D eigenvalue weighted by Gasteiger charge is 2.16. The van der Waals surface area contributed by atoms with Crippen molar-refractivity contribution in [2.24, 2.45) is 0 Å². The number of benzene rings is 1. The van der Waals surface area contributed by atoms with E-state index in [2.05, 4.69) is 30.7 Å². The summed E-state index contributed by atoms with van der Waals surface area (Å²) in [6, 6.07) is 7.52. The molecule has 2 aromatic rings. The van der Waals surface area contributed by atoms with Crippen LogP contribution in [-0.4, -0.2) is 17.1 Å². The van der Waals surface area contributed by atoms with E-state index < -0.39 is 0 Å². The summed E-state index contributed by atoms with van der Waals surface area (Å²) in [7, 11) is 1.60. The molecule has 0 fully saturated rings. The Morgan fingerprint density at radius 3 is 2.47 bits per heavy atom. The van der Waals surface area contributed by atoms with Gasteiger partial charge in [-0.1, -0.05) is 20.8 Å². The molecule has 0 unspecified atom stereocenters. The number of hydrogen-bond acceptors (Lipinski definition) is 4. The molecule has 1 aromatic carbocycles. The van der Waals surface area contributed by atoms with E-state index >= 15 is 0 Å². The standard InChI is InChI=1S/C15H19N3O/c1-15(2,3)13-7-8-17-14(18-13)10-5-6-12(19-4)11(16)9-10/h5-9H,16H2,1-4H3. The summed E-state index contributed by atoms with van der Waals surface area (Å²) in [6.45, 7) is 6.38. The molecule has 2 rings (SSSR count). The molecular formula is C15H19N3O. The van der Waals surface area contributed by atoms with Crippen molar-refractivity contribution >= 4 is 5.69 Å². The van der Waals surface area contributed by atoms with Gasteiger partial charge in [0.05, 0.1) is 12.8 Å². The highest BCUT2D eigenvalue weighted by Crippen LogP contribution is 2.27. The van der Waals surface area contributed by atoms with Crippen LogP contribution in [0.15, 0.2) is 30.5 Å². The van der Waals surface area contributed by atoms with Crippen molar-refractivity contribution in [2.45, 2.75) is 26.2 Å². The first-order valence-electron chi connectivity index (χ1n) is 6.19. The second kappa shape index (κ2) is 4.88. The van der Waals surface area contributed by atoms with Crippen LogP contribution in [-0.2, 0) is 5.41 Å². The molecule has 0 saturated carbocycles. The highest BCUT2D eigenvalue weighted by molar-refractivity contribution is 5.66. The lowest BCUT2D eigenvalue weighted by atomic mass is 9.92. The molecule has 0 aliphatic heterocycles. The van der Waals surface area contributed by atoms with E-state index in [4.69, 9.17) is 10.5 Å². The fraction of sp³-hybridized carbons (Fsp3) is 0.333. The van der Waals surface area contributed by atoms with E-state index in [9.17, 15) is 0 Å². The summed E-state index contributed by atoms with van der Waals surface area (Å²) in [5, 5.41) is 0. The first-order chi connectivity index (χ1) is 8.91. The summed E-state index contributed by atoms with van der Waals surface area (Å²) in [6.07, 6.45) is 1.78. The molecule has 4 heteroatoms. The molecule has 0 aliphatic rings. The second-order valence-electron chi connectivity index (χ2n) is 5.47. The zero-order valence-corrected chi connectivity index (χ0v) is 11.8. The monoisotopic (exact) mass is 257 g/mol. The van der Waals surface area contributed by atoms with Crippen molar-refractivity contribution in [3.63, 3.8) is 0 Å². The van der Waals surface area contributed by atoms with Crippen LogP contribution >= 0.6 is 0 Å². The molecule has 4 nitrogen and oxygen atoms in total. The van der Waals surface area contributed by atoms with Crippen LogP contribution in [0.4, 0.5) is 5.69 Å². The average Bonchev–Trinajstić information content (AvgIpc) is 2.38. The zero-order valence-electron chi connectivity index (χ0n) is 11.8. The molecule has 0 atom stereocenters. The van der Waals surface area contributed by atoms with Gasteiger partial charge in [-0.15, -0.1) is 0 Å². The van der Waals surface area contributed by atoms with Gasteiger partial charge in [-0.05, 0) is 24.3 Å². The largest absolute Gasteiger partial charge is 0.495 e. The Labute approximate surface area is 113 Å². The third-order valence-corrected chi connectivity index (χ3v) is 2.91. The number of nitrogens with two attached hydrogens (primary N) is 1. The highest BCUT2D eigenvalue weighted by atomic mass is 16.5. The maximum absolute atomic E-state index is 5.91. The number of ether oxygens (including phenoxy) is 1. The van der Waals surface area contributed by atoms with Gasteiger partial charge in [-0.3, -0.25) is 0 Å². The van der Waals surface area contributed by atoms with Crippen molar-refractivity contribution < 1.29 is 4.74 Å². The molecule has 0 amide bonds. The fourth-order valence-corrected chi connectivity index (χ4v) is 1.79. The number of rotatable bonds is 2. The molecule has 19 heavy (non-hydrogen) atoms. The molecule has 100 valence electrons. The molecule has 0 spiro atoms. The number of nitrogen functional groups attached to an aromatic ring is 1. The third kappa shape index (κ3) is 2.84. The number of methoxy groups -OCH3 is 1. The molecule has 0 bridgehead atoms. The van der Waals surface area contributed by atoms with Gasteiger partial charge < -0.3 is 10.5 Å². The van der Waals surface area contributed by atoms with Crippen molar-refractivity contribution in [1.82, 2.24) is 9.97 Å². The summed E-state index contributed by atoms with van der Waals surface area (Å²) in [5.41, 5.74) is 8.40. The van der Waals surface area contributed by atoms with E-state index in [1.165, 1.54) is 0 Å². The van der Waals surface area contributed by atoms with Crippen LogP contribution in [0.25, 0.3) is 11.4 Å². The molecule has 0 radical (unpaired) electrons. The lowest BCUT2D eigenvalue weighted by Gasteiger charge is -2.18. The van der Waals surface area contributed by atoms with Gasteiger partial charge in [-0.2, -0.15) is 0 Å². The van der Waals surface area contributed by atoms with Crippen LogP contribution in [0.2, 0.25) is 0 Å². The molecule has 0 saturated heterocycles. The molecule has 1 heterocycles. The fourth-order valence-electron chi connectivity index (χ4n) is 1.79. The number of nitrogens with zero attached hydrogens (tertiary/aromatic N) is 2. The average molecular weight is 257 g/mol. The predicted octanol–water partition coefficient (Wildman–Crippen LogP) is 3.03. The third-order valence-electron chi connectivity index (χ3n) is 2.91. The Kier molecular flexibility index (Phi) is 3.42. The van der Waals surface area contributed by atoms with Crippen molar-refractivity contribution in [3.8, 4) is 17.1 Å². The molecular weight excluding hydrogens is 238 g/mol. The normalized spacial score (nSPS) is 11.4. The maximum Gasteiger partial charge on any atom is 0.159 e. The van der Waals surface area contributed by atoms with Gasteiger partial charge in [0, 0.05) is 22.9 Å². The van der Waals surface area contributed by atoms with Crippen molar-refractivity contribution in [3.05, 3.63) is 36.2 Å². The van der Waals surface area contributed by atoms with Crippen LogP contribution in [0, 0.1) is 0 Å². The summed E-state index contributed by atoms with van der Waals surface area (Å²) < 4.78 is 5.15. The molecule has 1 aromatic heterocycles. The van der Waals surface area contributed by atoms with Crippen LogP contribution in [0.5, 0.6) is 5.75 Å². The number of aromatic nitrogens is 2. The Morgan fingerprint density at radius 2 is 1.89 bits per heavy atom. The maximum atomic E-state index is 5.91. The SMILES string of the molecule is COc1ccc(-c2nccc(C(C)(C)C)n2)cc1N. The minimum Gasteiger partial charge on any atom is -0.495 e. The van der Waals surface area contributed by atoms with Gasteiger partial charge in [0.15, 0.2) is 5.82 Å². The Bertz CT molecular complexity index is 588. The zero-order chi connectivity index (χ0) is 14.0. The second-order valence-corrected chi connectivity index (χ2v) is 5.47. The van der Waals surface area contributed by atoms with E-state index in [0.717, 1.165) is 11.3 Å². The van der Waals surface area contributed by atoms with Gasteiger partial charge in [0.1, 0.15) is 5.75 Å². The van der Waals surface area contributed by atoms with Crippen LogP contribution in [0.1, 0.15) is 26.5 Å². The number of hydrogen-bond donors (Lipinski definition) is 1. The lowest BCUT2D eigenvalue weighted by molar-refractivity contribution is 0.417. The molecule has 2 N–H and O–H groups in total. The van der Waals surface area contributed by atoms with E-state index in [0.29, 0.717) is 17.3 Å². The summed E-state index contributed by atoms with van der Waals surface area (Å²) >= 11 is 0. The first kappa shape index (κ1) is 13.3. The minimum absolute atomic E-state index is 0.00426. The van der Waals surface area contributed by atoms with Crippen LogP contribution in [0.3, 0.4) is 0 Å². The first-order valence-corrected chi connectivity index (χ1v) is 6.19. The van der Waals surface area contributed by atoms with Gasteiger partial charge >= 0.3 is 0 Å². The smallest absolute Gasteiger partial charge is 0.159 e. The van der Waals surface area contributed by atoms with Crippen molar-refractivity contribution in [2.75, 3.05) is 12.8 Å². The Morgan fingerprint density at radius 1 is 1.16 bits per heavy atom. The summed E-state index contributed by atoms with van der Waals surface area (Å²) in [4.78, 5) is 8.92. The minimum atomic E-state index is -0.00426. The molecule has 0 aliphatic carbocycles. The lowest BCUT2D eigenvalue weighted by Crippen LogP contribution is -2.14. The summed E-state index contributed by atoms with van der Waals surface area (Å²) in [5.74, 6) is 1.34. The van der Waals surface area contributed by atoms with Gasteiger partial charge in [0.2, 0.25) is 0 Å². The van der Waals surface area contributed by atoms with Gasteiger partial charge in [-0.25, -0.2) is 9.97 Å². The Balaban J connectivity index is 2.45. The van der Waals surface area contributed by atoms with Gasteiger partial charge in [0.25, 0.3) is 0 Å². The number of anilines is 1. The van der Waals surface area contributed by atoms with E-state index in [1.807, 2.05) is 24.3 Å². The topological polar surface area (TPSA) is 61.0 Å². The van der Waals surface area contributed by atoms with E-state index in [-0.39, 0.29) is 5.41 Å². The Hall–Kier alpha value is -2.10. The van der Waals surface area contributed by atoms with Crippen molar-refractivity contribution in [1.29, 1.82) is 0 Å².